The maximum Gasteiger partial charge on any atom is 0.290 e. The first-order chi connectivity index (χ1) is 8.66. The predicted molar refractivity (Wildman–Crippen MR) is 75.5 cm³/mol. The van der Waals surface area contributed by atoms with Crippen molar-refractivity contribution in [1.82, 2.24) is 15.6 Å². The zero-order chi connectivity index (χ0) is 13.0. The first-order valence-corrected chi connectivity index (χ1v) is 6.53. The van der Waals surface area contributed by atoms with Gasteiger partial charge in [-0.25, -0.2) is 5.43 Å². The fraction of sp³-hybridized carbons (Fsp3) is 0. The van der Waals surface area contributed by atoms with Crippen LogP contribution in [0.4, 0.5) is 0 Å². The molecule has 92 valence electrons. The van der Waals surface area contributed by atoms with E-state index in [-0.39, 0.29) is 5.91 Å². The molecule has 0 unspecified atom stereocenters. The van der Waals surface area contributed by atoms with Gasteiger partial charge >= 0.3 is 0 Å². The fourth-order valence-electron chi connectivity index (χ4n) is 1.20. The van der Waals surface area contributed by atoms with E-state index in [1.807, 2.05) is 24.3 Å². The second-order valence-corrected chi connectivity index (χ2v) is 5.11. The van der Waals surface area contributed by atoms with E-state index in [1.165, 1.54) is 6.20 Å². The van der Waals surface area contributed by atoms with Crippen molar-refractivity contribution < 1.29 is 4.79 Å². The summed E-state index contributed by atoms with van der Waals surface area (Å²) in [6.45, 7) is 0. The number of halogens is 2. The van der Waals surface area contributed by atoms with Gasteiger partial charge in [-0.05, 0) is 33.6 Å². The van der Waals surface area contributed by atoms with Crippen LogP contribution in [0.15, 0.2) is 44.5 Å². The number of nitrogens with zero attached hydrogens (tertiary/aromatic N) is 2. The van der Waals surface area contributed by atoms with Gasteiger partial charge in [0.2, 0.25) is 0 Å². The molecule has 0 fully saturated rings. The highest BCUT2D eigenvalue weighted by molar-refractivity contribution is 9.10. The molecule has 1 heterocycles. The van der Waals surface area contributed by atoms with Crippen molar-refractivity contribution in [1.29, 1.82) is 0 Å². The summed E-state index contributed by atoms with van der Waals surface area (Å²) in [7, 11) is 0. The Labute approximate surface area is 120 Å². The van der Waals surface area contributed by atoms with Gasteiger partial charge in [-0.15, -0.1) is 0 Å². The summed E-state index contributed by atoms with van der Waals surface area (Å²) in [5.41, 5.74) is 3.63. The molecule has 1 amide bonds. The normalized spacial score (nSPS) is 10.8. The largest absolute Gasteiger partial charge is 0.290 e. The molecule has 0 radical (unpaired) electrons. The number of hydrazone groups is 1. The number of benzene rings is 1. The summed E-state index contributed by atoms with van der Waals surface area (Å²) in [5, 5.41) is 10.2. The van der Waals surface area contributed by atoms with Gasteiger partial charge in [-0.2, -0.15) is 10.2 Å². The van der Waals surface area contributed by atoms with Crippen LogP contribution in [-0.4, -0.2) is 22.3 Å². The van der Waals surface area contributed by atoms with Gasteiger partial charge < -0.3 is 0 Å². The van der Waals surface area contributed by atoms with E-state index in [0.717, 1.165) is 10.0 Å². The number of rotatable bonds is 3. The molecule has 2 aromatic rings. The Bertz CT molecular complexity index is 577. The average Bonchev–Trinajstić information content (AvgIpc) is 2.78. The van der Waals surface area contributed by atoms with Gasteiger partial charge in [0.1, 0.15) is 5.69 Å². The van der Waals surface area contributed by atoms with Gasteiger partial charge in [0, 0.05) is 4.47 Å². The molecule has 5 nitrogen and oxygen atoms in total. The molecule has 0 aliphatic rings. The van der Waals surface area contributed by atoms with E-state index < -0.39 is 0 Å². The van der Waals surface area contributed by atoms with Gasteiger partial charge in [0.05, 0.1) is 16.9 Å². The minimum absolute atomic E-state index is 0.336. The van der Waals surface area contributed by atoms with Gasteiger partial charge in [0.15, 0.2) is 0 Å². The van der Waals surface area contributed by atoms with Crippen LogP contribution in [0.5, 0.6) is 0 Å². The van der Waals surface area contributed by atoms with Crippen molar-refractivity contribution in [3.63, 3.8) is 0 Å². The first-order valence-electron chi connectivity index (χ1n) is 4.94. The third-order valence-corrected chi connectivity index (χ3v) is 3.20. The third-order valence-electron chi connectivity index (χ3n) is 2.07. The zero-order valence-electron chi connectivity index (χ0n) is 9.02. The van der Waals surface area contributed by atoms with Gasteiger partial charge in [-0.3, -0.25) is 9.89 Å². The molecule has 0 saturated heterocycles. The van der Waals surface area contributed by atoms with Crippen LogP contribution in [0.3, 0.4) is 0 Å². The Morgan fingerprint density at radius 2 is 2.06 bits per heavy atom. The van der Waals surface area contributed by atoms with Crippen molar-refractivity contribution in [3.05, 3.63) is 50.7 Å². The lowest BCUT2D eigenvalue weighted by Crippen LogP contribution is -2.18. The lowest BCUT2D eigenvalue weighted by molar-refractivity contribution is 0.0949. The molecule has 0 saturated carbocycles. The predicted octanol–water partition coefficient (Wildman–Crippen LogP) is 2.70. The summed E-state index contributed by atoms with van der Waals surface area (Å²) in [6.07, 6.45) is 3.07. The summed E-state index contributed by atoms with van der Waals surface area (Å²) >= 11 is 6.54. The number of carbonyl (C=O) groups excluding carboxylic acids is 1. The summed E-state index contributed by atoms with van der Waals surface area (Å²) < 4.78 is 1.59. The quantitative estimate of drug-likeness (QED) is 0.643. The molecule has 7 heteroatoms. The Balaban J connectivity index is 1.98. The molecule has 1 aromatic carbocycles. The summed E-state index contributed by atoms with van der Waals surface area (Å²) in [5.74, 6) is -0.354. The van der Waals surface area contributed by atoms with Crippen LogP contribution in [0.25, 0.3) is 0 Å². The molecule has 2 N–H and O–H groups in total. The lowest BCUT2D eigenvalue weighted by Gasteiger charge is -1.97. The van der Waals surface area contributed by atoms with Crippen molar-refractivity contribution >= 4 is 44.0 Å². The monoisotopic (exact) mass is 370 g/mol. The molecule has 18 heavy (non-hydrogen) atoms. The number of aromatic nitrogens is 2. The maximum atomic E-state index is 11.6. The molecule has 0 spiro atoms. The molecule has 0 aliphatic heterocycles. The smallest absolute Gasteiger partial charge is 0.272 e. The van der Waals surface area contributed by atoms with E-state index in [4.69, 9.17) is 0 Å². The molecule has 0 bridgehead atoms. The van der Waals surface area contributed by atoms with E-state index in [9.17, 15) is 4.79 Å². The fourth-order valence-corrected chi connectivity index (χ4v) is 1.84. The second kappa shape index (κ2) is 5.92. The summed E-state index contributed by atoms with van der Waals surface area (Å²) in [4.78, 5) is 11.6. The van der Waals surface area contributed by atoms with Gasteiger partial charge in [0.25, 0.3) is 5.91 Å². The highest BCUT2D eigenvalue weighted by Crippen LogP contribution is 2.12. The first kappa shape index (κ1) is 13.0. The number of hydrogen-bond acceptors (Lipinski definition) is 3. The number of amides is 1. The van der Waals surface area contributed by atoms with Crippen LogP contribution in [-0.2, 0) is 0 Å². The van der Waals surface area contributed by atoms with E-state index in [1.54, 1.807) is 6.21 Å². The minimum atomic E-state index is -0.354. The topological polar surface area (TPSA) is 70.1 Å². The maximum absolute atomic E-state index is 11.6. The number of H-pyrrole nitrogens is 1. The van der Waals surface area contributed by atoms with Crippen molar-refractivity contribution in [2.75, 3.05) is 0 Å². The highest BCUT2D eigenvalue weighted by Gasteiger charge is 2.10. The molecule has 0 atom stereocenters. The standard InChI is InChI=1S/C11H8Br2N4O/c12-8-3-1-7(2-4-8)5-14-17-11(18)10-9(13)6-15-16-10/h1-6H,(H,15,16)(H,17,18)/b14-5-. The van der Waals surface area contributed by atoms with E-state index >= 15 is 0 Å². The van der Waals surface area contributed by atoms with Crippen LogP contribution in [0.1, 0.15) is 16.1 Å². The molecule has 0 aliphatic carbocycles. The number of carbonyl (C=O) groups is 1. The minimum Gasteiger partial charge on any atom is -0.272 e. The van der Waals surface area contributed by atoms with Crippen LogP contribution in [0, 0.1) is 0 Å². The Kier molecular flexibility index (Phi) is 4.27. The number of nitrogens with one attached hydrogen (secondary N) is 2. The van der Waals surface area contributed by atoms with Crippen molar-refractivity contribution in [3.8, 4) is 0 Å². The molecular formula is C11H8Br2N4O. The second-order valence-electron chi connectivity index (χ2n) is 3.34. The molecular weight excluding hydrogens is 364 g/mol. The highest BCUT2D eigenvalue weighted by atomic mass is 79.9. The molecule has 2 rings (SSSR count). The molecule has 1 aromatic heterocycles. The van der Waals surface area contributed by atoms with E-state index in [2.05, 4.69) is 52.6 Å². The van der Waals surface area contributed by atoms with Crippen molar-refractivity contribution in [2.24, 2.45) is 5.10 Å². The third kappa shape index (κ3) is 3.27. The van der Waals surface area contributed by atoms with Crippen LogP contribution >= 0.6 is 31.9 Å². The van der Waals surface area contributed by atoms with E-state index in [0.29, 0.717) is 10.2 Å². The van der Waals surface area contributed by atoms with Crippen LogP contribution in [0.2, 0.25) is 0 Å². The van der Waals surface area contributed by atoms with Crippen LogP contribution < -0.4 is 5.43 Å². The van der Waals surface area contributed by atoms with Gasteiger partial charge in [-0.1, -0.05) is 28.1 Å². The lowest BCUT2D eigenvalue weighted by atomic mass is 10.2. The SMILES string of the molecule is O=C(N/N=C\c1ccc(Br)cc1)c1[nH]ncc1Br. The Morgan fingerprint density at radius 3 is 2.67 bits per heavy atom. The Hall–Kier alpha value is -1.47. The number of hydrogen-bond donors (Lipinski definition) is 2. The summed E-state index contributed by atoms with van der Waals surface area (Å²) in [6, 6.07) is 7.56. The zero-order valence-corrected chi connectivity index (χ0v) is 12.2. The van der Waals surface area contributed by atoms with Crippen molar-refractivity contribution in [2.45, 2.75) is 0 Å². The number of aromatic amines is 1. The Morgan fingerprint density at radius 1 is 1.33 bits per heavy atom. The average molecular weight is 372 g/mol.